The third-order valence-electron chi connectivity index (χ3n) is 3.12. The molecule has 1 aliphatic heterocycles. The SMILES string of the molecule is Nc1cc(C(=O)c2ccc3c(c2)OCCO3)cc(Cl)c1Cl. The van der Waals surface area contributed by atoms with Gasteiger partial charge in [0.1, 0.15) is 13.2 Å². The summed E-state index contributed by atoms with van der Waals surface area (Å²) in [6, 6.07) is 8.04. The third-order valence-corrected chi connectivity index (χ3v) is 3.94. The summed E-state index contributed by atoms with van der Waals surface area (Å²) >= 11 is 11.8. The van der Waals surface area contributed by atoms with Crippen molar-refractivity contribution in [2.24, 2.45) is 0 Å². The fourth-order valence-corrected chi connectivity index (χ4v) is 2.43. The second kappa shape index (κ2) is 5.47. The van der Waals surface area contributed by atoms with E-state index in [0.717, 1.165) is 0 Å². The lowest BCUT2D eigenvalue weighted by molar-refractivity contribution is 0.103. The van der Waals surface area contributed by atoms with Gasteiger partial charge >= 0.3 is 0 Å². The van der Waals surface area contributed by atoms with Crippen LogP contribution in [-0.2, 0) is 0 Å². The van der Waals surface area contributed by atoms with E-state index in [9.17, 15) is 4.79 Å². The molecule has 108 valence electrons. The Morgan fingerprint density at radius 3 is 2.43 bits per heavy atom. The molecule has 0 radical (unpaired) electrons. The lowest BCUT2D eigenvalue weighted by Crippen LogP contribution is -2.16. The molecular formula is C15H11Cl2NO3. The smallest absolute Gasteiger partial charge is 0.193 e. The maximum Gasteiger partial charge on any atom is 0.193 e. The predicted octanol–water partition coefficient (Wildman–Crippen LogP) is 3.58. The van der Waals surface area contributed by atoms with E-state index in [4.69, 9.17) is 38.4 Å². The summed E-state index contributed by atoms with van der Waals surface area (Å²) in [4.78, 5) is 12.5. The summed E-state index contributed by atoms with van der Waals surface area (Å²) in [5.74, 6) is 0.976. The fourth-order valence-electron chi connectivity index (χ4n) is 2.09. The van der Waals surface area contributed by atoms with Crippen molar-refractivity contribution in [2.75, 3.05) is 18.9 Å². The van der Waals surface area contributed by atoms with E-state index < -0.39 is 0 Å². The van der Waals surface area contributed by atoms with Gasteiger partial charge < -0.3 is 15.2 Å². The molecule has 0 saturated carbocycles. The first-order valence-electron chi connectivity index (χ1n) is 6.25. The van der Waals surface area contributed by atoms with Gasteiger partial charge in [0.15, 0.2) is 17.3 Å². The molecule has 0 bridgehead atoms. The van der Waals surface area contributed by atoms with Gasteiger partial charge in [0.2, 0.25) is 0 Å². The van der Waals surface area contributed by atoms with Crippen LogP contribution in [0.25, 0.3) is 0 Å². The van der Waals surface area contributed by atoms with Gasteiger partial charge in [0.25, 0.3) is 0 Å². The average molecular weight is 324 g/mol. The number of anilines is 1. The van der Waals surface area contributed by atoms with Crippen molar-refractivity contribution in [1.29, 1.82) is 0 Å². The quantitative estimate of drug-likeness (QED) is 0.677. The molecule has 0 fully saturated rings. The molecule has 0 unspecified atom stereocenters. The summed E-state index contributed by atoms with van der Waals surface area (Å²) in [5.41, 5.74) is 6.85. The number of hydrogen-bond acceptors (Lipinski definition) is 4. The third kappa shape index (κ3) is 2.64. The minimum Gasteiger partial charge on any atom is -0.486 e. The van der Waals surface area contributed by atoms with Gasteiger partial charge in [0.05, 0.1) is 15.7 Å². The maximum atomic E-state index is 12.5. The average Bonchev–Trinajstić information content (AvgIpc) is 2.51. The molecule has 1 aliphatic rings. The van der Waals surface area contributed by atoms with E-state index >= 15 is 0 Å². The van der Waals surface area contributed by atoms with E-state index in [2.05, 4.69) is 0 Å². The van der Waals surface area contributed by atoms with Crippen LogP contribution in [0, 0.1) is 0 Å². The predicted molar refractivity (Wildman–Crippen MR) is 81.7 cm³/mol. The van der Waals surface area contributed by atoms with Crippen molar-refractivity contribution in [1.82, 2.24) is 0 Å². The molecule has 2 N–H and O–H groups in total. The summed E-state index contributed by atoms with van der Waals surface area (Å²) in [7, 11) is 0. The van der Waals surface area contributed by atoms with E-state index in [-0.39, 0.29) is 21.5 Å². The van der Waals surface area contributed by atoms with Gasteiger partial charge in [-0.05, 0) is 30.3 Å². The van der Waals surface area contributed by atoms with Crippen molar-refractivity contribution >= 4 is 34.7 Å². The van der Waals surface area contributed by atoms with Gasteiger partial charge in [-0.2, -0.15) is 0 Å². The second-order valence-electron chi connectivity index (χ2n) is 4.55. The highest BCUT2D eigenvalue weighted by atomic mass is 35.5. The molecule has 2 aromatic carbocycles. The highest BCUT2D eigenvalue weighted by Gasteiger charge is 2.17. The monoisotopic (exact) mass is 323 g/mol. The van der Waals surface area contributed by atoms with Crippen molar-refractivity contribution in [3.05, 3.63) is 51.5 Å². The Morgan fingerprint density at radius 2 is 1.71 bits per heavy atom. The van der Waals surface area contributed by atoms with Gasteiger partial charge in [-0.1, -0.05) is 23.2 Å². The van der Waals surface area contributed by atoms with Crippen molar-refractivity contribution < 1.29 is 14.3 Å². The summed E-state index contributed by atoms with van der Waals surface area (Å²) < 4.78 is 10.9. The molecule has 0 spiro atoms. The first-order valence-corrected chi connectivity index (χ1v) is 7.01. The zero-order valence-corrected chi connectivity index (χ0v) is 12.4. The Bertz CT molecular complexity index is 708. The number of benzene rings is 2. The number of ketones is 1. The lowest BCUT2D eigenvalue weighted by Gasteiger charge is -2.18. The van der Waals surface area contributed by atoms with Crippen molar-refractivity contribution in [3.8, 4) is 11.5 Å². The van der Waals surface area contributed by atoms with Crippen LogP contribution < -0.4 is 15.2 Å². The standard InChI is InChI=1S/C15H11Cl2NO3/c16-10-5-9(6-11(18)14(10)17)15(19)8-1-2-12-13(7-8)21-4-3-20-12/h1-2,5-7H,3-4,18H2. The van der Waals surface area contributed by atoms with Gasteiger partial charge in [-0.15, -0.1) is 0 Å². The molecular weight excluding hydrogens is 313 g/mol. The Labute approximate surface area is 131 Å². The number of carbonyl (C=O) groups is 1. The molecule has 4 nitrogen and oxygen atoms in total. The first-order chi connectivity index (χ1) is 10.1. The van der Waals surface area contributed by atoms with E-state index in [1.54, 1.807) is 18.2 Å². The minimum absolute atomic E-state index is 0.211. The van der Waals surface area contributed by atoms with Gasteiger partial charge in [0, 0.05) is 11.1 Å². The highest BCUT2D eigenvalue weighted by Crippen LogP contribution is 2.33. The molecule has 21 heavy (non-hydrogen) atoms. The Hall–Kier alpha value is -1.91. The van der Waals surface area contributed by atoms with Crippen LogP contribution in [0.5, 0.6) is 11.5 Å². The highest BCUT2D eigenvalue weighted by molar-refractivity contribution is 6.44. The van der Waals surface area contributed by atoms with E-state index in [0.29, 0.717) is 35.8 Å². The number of hydrogen-bond donors (Lipinski definition) is 1. The number of nitrogen functional groups attached to an aromatic ring is 1. The normalized spacial score (nSPS) is 13.0. The van der Waals surface area contributed by atoms with Gasteiger partial charge in [-0.3, -0.25) is 4.79 Å². The number of ether oxygens (including phenoxy) is 2. The Kier molecular flexibility index (Phi) is 3.66. The second-order valence-corrected chi connectivity index (χ2v) is 5.33. The summed E-state index contributed by atoms with van der Waals surface area (Å²) in [5, 5.41) is 0.493. The molecule has 1 heterocycles. The first kappa shape index (κ1) is 14.0. The molecule has 0 amide bonds. The fraction of sp³-hybridized carbons (Fsp3) is 0.133. The van der Waals surface area contributed by atoms with Gasteiger partial charge in [-0.25, -0.2) is 0 Å². The number of halogens is 2. The van der Waals surface area contributed by atoms with Crippen LogP contribution in [0.1, 0.15) is 15.9 Å². The summed E-state index contributed by atoms with van der Waals surface area (Å²) in [6.07, 6.45) is 0. The topological polar surface area (TPSA) is 61.6 Å². The molecule has 3 rings (SSSR count). The van der Waals surface area contributed by atoms with E-state index in [1.165, 1.54) is 12.1 Å². The molecule has 0 saturated heterocycles. The zero-order chi connectivity index (χ0) is 15.0. The van der Waals surface area contributed by atoms with Crippen molar-refractivity contribution in [3.63, 3.8) is 0 Å². The lowest BCUT2D eigenvalue weighted by atomic mass is 10.0. The molecule has 0 aliphatic carbocycles. The number of rotatable bonds is 2. The molecule has 6 heteroatoms. The maximum absolute atomic E-state index is 12.5. The van der Waals surface area contributed by atoms with Crippen LogP contribution >= 0.6 is 23.2 Å². The van der Waals surface area contributed by atoms with Crippen LogP contribution in [0.2, 0.25) is 10.0 Å². The van der Waals surface area contributed by atoms with Crippen LogP contribution in [-0.4, -0.2) is 19.0 Å². The minimum atomic E-state index is -0.211. The number of carbonyl (C=O) groups excluding carboxylic acids is 1. The zero-order valence-electron chi connectivity index (χ0n) is 10.9. The molecule has 0 atom stereocenters. The molecule has 2 aromatic rings. The molecule has 0 aromatic heterocycles. The van der Waals surface area contributed by atoms with E-state index in [1.807, 2.05) is 0 Å². The van der Waals surface area contributed by atoms with Crippen LogP contribution in [0.15, 0.2) is 30.3 Å². The van der Waals surface area contributed by atoms with Crippen LogP contribution in [0.4, 0.5) is 5.69 Å². The Balaban J connectivity index is 1.99. The van der Waals surface area contributed by atoms with Crippen molar-refractivity contribution in [2.45, 2.75) is 0 Å². The largest absolute Gasteiger partial charge is 0.486 e. The number of nitrogens with two attached hydrogens (primary N) is 1. The van der Waals surface area contributed by atoms with Crippen LogP contribution in [0.3, 0.4) is 0 Å². The number of fused-ring (bicyclic) bond motifs is 1. The summed E-state index contributed by atoms with van der Waals surface area (Å²) in [6.45, 7) is 0.966. The Morgan fingerprint density at radius 1 is 1.00 bits per heavy atom.